The molecule has 0 unspecified atom stereocenters. The van der Waals surface area contributed by atoms with Gasteiger partial charge in [0.05, 0.1) is 5.69 Å². The second-order valence-corrected chi connectivity index (χ2v) is 3.93. The topological polar surface area (TPSA) is 63.0 Å². The number of nitrogens with one attached hydrogen (secondary N) is 1. The van der Waals surface area contributed by atoms with Crippen molar-refractivity contribution in [2.24, 2.45) is 0 Å². The molecule has 1 N–H and O–H groups in total. The average Bonchev–Trinajstić information content (AvgIpc) is 2.72. The fourth-order valence-electron chi connectivity index (χ4n) is 1.81. The van der Waals surface area contributed by atoms with E-state index in [1.807, 2.05) is 0 Å². The first-order valence-electron chi connectivity index (χ1n) is 5.73. The van der Waals surface area contributed by atoms with Crippen LogP contribution in [0.5, 0.6) is 0 Å². The van der Waals surface area contributed by atoms with E-state index < -0.39 is 0 Å². The number of nitrogens with zero attached hydrogens (tertiary/aromatic N) is 3. The second-order valence-electron chi connectivity index (χ2n) is 3.93. The molecule has 16 heavy (non-hydrogen) atoms. The number of aromatic amines is 1. The predicted molar refractivity (Wildman–Crippen MR) is 61.5 cm³/mol. The molecule has 0 atom stereocenters. The van der Waals surface area contributed by atoms with Gasteiger partial charge in [0.25, 0.3) is 5.56 Å². The molecule has 0 spiro atoms. The van der Waals surface area contributed by atoms with E-state index in [0.29, 0.717) is 5.78 Å². The van der Waals surface area contributed by atoms with Crippen molar-refractivity contribution in [1.29, 1.82) is 0 Å². The summed E-state index contributed by atoms with van der Waals surface area (Å²) >= 11 is 0. The fraction of sp³-hybridized carbons (Fsp3) is 0.545. The number of hydrogen-bond acceptors (Lipinski definition) is 3. The molecule has 0 aliphatic carbocycles. The van der Waals surface area contributed by atoms with Crippen molar-refractivity contribution in [3.05, 3.63) is 28.4 Å². The number of aromatic nitrogens is 4. The lowest BCUT2D eigenvalue weighted by atomic mass is 10.1. The minimum Gasteiger partial charge on any atom is -0.291 e. The zero-order chi connectivity index (χ0) is 11.4. The van der Waals surface area contributed by atoms with Gasteiger partial charge in [-0.25, -0.2) is 4.52 Å². The zero-order valence-corrected chi connectivity index (χ0v) is 9.44. The number of aryl methyl sites for hydroxylation is 1. The predicted octanol–water partition coefficient (Wildman–Crippen LogP) is 1.54. The van der Waals surface area contributed by atoms with E-state index in [9.17, 15) is 4.79 Å². The summed E-state index contributed by atoms with van der Waals surface area (Å²) in [5.74, 6) is 0.526. The quantitative estimate of drug-likeness (QED) is 0.777. The highest BCUT2D eigenvalue weighted by Crippen LogP contribution is 2.06. The molecule has 0 radical (unpaired) electrons. The summed E-state index contributed by atoms with van der Waals surface area (Å²) in [5.41, 5.74) is 0.832. The fourth-order valence-corrected chi connectivity index (χ4v) is 1.81. The van der Waals surface area contributed by atoms with Crippen LogP contribution in [0.15, 0.2) is 17.2 Å². The molecule has 2 rings (SSSR count). The summed E-state index contributed by atoms with van der Waals surface area (Å²) in [4.78, 5) is 18.0. The van der Waals surface area contributed by atoms with Crippen LogP contribution in [0.2, 0.25) is 0 Å². The van der Waals surface area contributed by atoms with Gasteiger partial charge in [-0.15, -0.1) is 0 Å². The lowest BCUT2D eigenvalue weighted by Crippen LogP contribution is -2.12. The first-order valence-corrected chi connectivity index (χ1v) is 5.73. The van der Waals surface area contributed by atoms with Gasteiger partial charge in [0.1, 0.15) is 6.33 Å². The number of H-pyrrole nitrogens is 1. The van der Waals surface area contributed by atoms with Crippen LogP contribution in [0, 0.1) is 0 Å². The minimum atomic E-state index is -0.106. The highest BCUT2D eigenvalue weighted by molar-refractivity contribution is 5.26. The Balaban J connectivity index is 2.16. The van der Waals surface area contributed by atoms with Crippen LogP contribution in [0.25, 0.3) is 5.78 Å². The van der Waals surface area contributed by atoms with Crippen molar-refractivity contribution >= 4 is 5.78 Å². The maximum atomic E-state index is 11.4. The SMILES string of the molecule is CCCCCCc1cc(=O)[nH]c2ncnn12. The van der Waals surface area contributed by atoms with Gasteiger partial charge in [0.2, 0.25) is 5.78 Å². The second kappa shape index (κ2) is 4.92. The smallest absolute Gasteiger partial charge is 0.252 e. The third kappa shape index (κ3) is 2.29. The van der Waals surface area contributed by atoms with Crippen molar-refractivity contribution in [3.63, 3.8) is 0 Å². The normalized spacial score (nSPS) is 11.1. The van der Waals surface area contributed by atoms with Gasteiger partial charge >= 0.3 is 0 Å². The van der Waals surface area contributed by atoms with E-state index in [0.717, 1.165) is 18.5 Å². The summed E-state index contributed by atoms with van der Waals surface area (Å²) in [6.07, 6.45) is 7.08. The number of unbranched alkanes of at least 4 members (excludes halogenated alkanes) is 3. The van der Waals surface area contributed by atoms with Crippen LogP contribution in [-0.2, 0) is 6.42 Å². The molecule has 0 fully saturated rings. The standard InChI is InChI=1S/C11H16N4O/c1-2-3-4-5-6-9-7-10(16)14-11-12-8-13-15(9)11/h7-8H,2-6H2,1H3,(H,12,13,14,16). The van der Waals surface area contributed by atoms with E-state index in [-0.39, 0.29) is 5.56 Å². The van der Waals surface area contributed by atoms with Crippen LogP contribution in [-0.4, -0.2) is 19.6 Å². The molecule has 0 aromatic carbocycles. The summed E-state index contributed by atoms with van der Waals surface area (Å²) < 4.78 is 1.70. The van der Waals surface area contributed by atoms with E-state index in [2.05, 4.69) is 22.0 Å². The van der Waals surface area contributed by atoms with E-state index in [4.69, 9.17) is 0 Å². The molecule has 0 amide bonds. The molecular formula is C11H16N4O. The van der Waals surface area contributed by atoms with Crippen LogP contribution < -0.4 is 5.56 Å². The Morgan fingerprint density at radius 2 is 2.25 bits per heavy atom. The molecule has 2 aromatic rings. The summed E-state index contributed by atoms with van der Waals surface area (Å²) in [5, 5.41) is 4.09. The van der Waals surface area contributed by atoms with Gasteiger partial charge in [0, 0.05) is 6.07 Å². The third-order valence-corrected chi connectivity index (χ3v) is 2.64. The van der Waals surface area contributed by atoms with Crippen LogP contribution in [0.3, 0.4) is 0 Å². The third-order valence-electron chi connectivity index (χ3n) is 2.64. The Bertz CT molecular complexity index is 514. The Hall–Kier alpha value is -1.65. The molecule has 0 aliphatic heterocycles. The molecule has 0 saturated heterocycles. The maximum Gasteiger partial charge on any atom is 0.252 e. The summed E-state index contributed by atoms with van der Waals surface area (Å²) in [6.45, 7) is 2.18. The van der Waals surface area contributed by atoms with Crippen LogP contribution in [0.4, 0.5) is 0 Å². The molecule has 2 heterocycles. The van der Waals surface area contributed by atoms with Gasteiger partial charge in [0.15, 0.2) is 0 Å². The molecular weight excluding hydrogens is 204 g/mol. The Morgan fingerprint density at radius 3 is 3.06 bits per heavy atom. The van der Waals surface area contributed by atoms with Gasteiger partial charge in [-0.05, 0) is 12.8 Å². The number of hydrogen-bond donors (Lipinski definition) is 1. The first-order chi connectivity index (χ1) is 7.81. The lowest BCUT2D eigenvalue weighted by molar-refractivity contribution is 0.649. The monoisotopic (exact) mass is 220 g/mol. The summed E-state index contributed by atoms with van der Waals surface area (Å²) in [6, 6.07) is 1.60. The van der Waals surface area contributed by atoms with Gasteiger partial charge in [-0.2, -0.15) is 10.1 Å². The van der Waals surface area contributed by atoms with E-state index in [1.54, 1.807) is 10.6 Å². The van der Waals surface area contributed by atoms with Crippen LogP contribution in [0.1, 0.15) is 38.3 Å². The largest absolute Gasteiger partial charge is 0.291 e. The van der Waals surface area contributed by atoms with Crippen molar-refractivity contribution in [3.8, 4) is 0 Å². The number of rotatable bonds is 5. The summed E-state index contributed by atoms with van der Waals surface area (Å²) in [7, 11) is 0. The van der Waals surface area contributed by atoms with Gasteiger partial charge in [-0.3, -0.25) is 9.78 Å². The van der Waals surface area contributed by atoms with Crippen molar-refractivity contribution < 1.29 is 0 Å². The molecule has 0 aliphatic rings. The lowest BCUT2D eigenvalue weighted by Gasteiger charge is -2.02. The maximum absolute atomic E-state index is 11.4. The molecule has 5 nitrogen and oxygen atoms in total. The van der Waals surface area contributed by atoms with Crippen molar-refractivity contribution in [2.75, 3.05) is 0 Å². The average molecular weight is 220 g/mol. The van der Waals surface area contributed by atoms with Crippen molar-refractivity contribution in [1.82, 2.24) is 19.6 Å². The van der Waals surface area contributed by atoms with E-state index in [1.165, 1.54) is 25.6 Å². The molecule has 5 heteroatoms. The number of fused-ring (bicyclic) bond motifs is 1. The minimum absolute atomic E-state index is 0.106. The molecule has 0 saturated carbocycles. The van der Waals surface area contributed by atoms with E-state index >= 15 is 0 Å². The van der Waals surface area contributed by atoms with Crippen LogP contribution >= 0.6 is 0 Å². The Morgan fingerprint density at radius 1 is 1.38 bits per heavy atom. The highest BCUT2D eigenvalue weighted by Gasteiger charge is 2.04. The molecule has 86 valence electrons. The Kier molecular flexibility index (Phi) is 3.34. The van der Waals surface area contributed by atoms with Gasteiger partial charge in [-0.1, -0.05) is 26.2 Å². The van der Waals surface area contributed by atoms with Crippen molar-refractivity contribution in [2.45, 2.75) is 39.0 Å². The first kappa shape index (κ1) is 10.9. The Labute approximate surface area is 93.5 Å². The molecule has 0 bridgehead atoms. The van der Waals surface area contributed by atoms with Gasteiger partial charge < -0.3 is 0 Å². The zero-order valence-electron chi connectivity index (χ0n) is 9.44. The molecule has 2 aromatic heterocycles. The highest BCUT2D eigenvalue weighted by atomic mass is 16.1.